The van der Waals surface area contributed by atoms with E-state index in [1.807, 2.05) is 6.92 Å². The number of likely N-dealkylation sites (N-methyl/N-ethyl adjacent to an activating group) is 1. The molecule has 17 heavy (non-hydrogen) atoms. The first-order valence-corrected chi connectivity index (χ1v) is 7.42. The van der Waals surface area contributed by atoms with E-state index in [9.17, 15) is 8.42 Å². The Kier molecular flexibility index (Phi) is 5.58. The number of rotatable bonds is 6. The highest BCUT2D eigenvalue weighted by atomic mass is 32.2. The molecule has 100 valence electrons. The smallest absolute Gasteiger partial charge is 0.282 e. The normalized spacial score (nSPS) is 19.7. The van der Waals surface area contributed by atoms with Crippen molar-refractivity contribution in [1.82, 2.24) is 8.61 Å². The number of hydrogen-bond donors (Lipinski definition) is 1. The van der Waals surface area contributed by atoms with Gasteiger partial charge in [0.05, 0.1) is 0 Å². The van der Waals surface area contributed by atoms with Crippen LogP contribution in [0.4, 0.5) is 0 Å². The Bertz CT molecular complexity index is 335. The van der Waals surface area contributed by atoms with Gasteiger partial charge in [-0.1, -0.05) is 13.0 Å². The minimum Gasteiger partial charge on any atom is -0.396 e. The summed E-state index contributed by atoms with van der Waals surface area (Å²) < 4.78 is 27.4. The van der Waals surface area contributed by atoms with Crippen molar-refractivity contribution in [3.63, 3.8) is 0 Å². The zero-order valence-electron chi connectivity index (χ0n) is 10.4. The van der Waals surface area contributed by atoms with Gasteiger partial charge < -0.3 is 5.11 Å². The summed E-state index contributed by atoms with van der Waals surface area (Å²) in [5.41, 5.74) is 0. The van der Waals surface area contributed by atoms with Gasteiger partial charge in [0.2, 0.25) is 0 Å². The molecule has 1 N–H and O–H groups in total. The molecule has 5 nitrogen and oxygen atoms in total. The molecule has 0 unspecified atom stereocenters. The van der Waals surface area contributed by atoms with Crippen LogP contribution in [0.15, 0.2) is 12.7 Å². The van der Waals surface area contributed by atoms with E-state index in [1.54, 1.807) is 6.08 Å². The Morgan fingerprint density at radius 2 is 2.06 bits per heavy atom. The molecular formula is C11H22N2O3S. The summed E-state index contributed by atoms with van der Waals surface area (Å²) in [5, 5.41) is 9.03. The first kappa shape index (κ1) is 14.6. The molecule has 0 spiro atoms. The maximum absolute atomic E-state index is 12.2. The molecule has 0 atom stereocenters. The number of aliphatic hydroxyl groups excluding tert-OH is 1. The summed E-state index contributed by atoms with van der Waals surface area (Å²) in [6.45, 7) is 7.35. The number of hydrogen-bond acceptors (Lipinski definition) is 3. The van der Waals surface area contributed by atoms with Crippen LogP contribution in [-0.2, 0) is 10.2 Å². The van der Waals surface area contributed by atoms with Crippen molar-refractivity contribution >= 4 is 10.2 Å². The molecule has 0 aromatic rings. The average Bonchev–Trinajstić information content (AvgIpc) is 2.35. The summed E-state index contributed by atoms with van der Waals surface area (Å²) in [5.74, 6) is 0.246. The SMILES string of the molecule is C=CCN(CC)S(=O)(=O)N1CCC(CO)CC1. The van der Waals surface area contributed by atoms with Crippen LogP contribution in [0.2, 0.25) is 0 Å². The van der Waals surface area contributed by atoms with Crippen molar-refractivity contribution < 1.29 is 13.5 Å². The van der Waals surface area contributed by atoms with Crippen molar-refractivity contribution in [1.29, 1.82) is 0 Å². The van der Waals surface area contributed by atoms with Gasteiger partial charge >= 0.3 is 0 Å². The summed E-state index contributed by atoms with van der Waals surface area (Å²) >= 11 is 0. The fourth-order valence-electron chi connectivity index (χ4n) is 2.02. The summed E-state index contributed by atoms with van der Waals surface area (Å²) in [4.78, 5) is 0. The van der Waals surface area contributed by atoms with E-state index in [-0.39, 0.29) is 12.5 Å². The number of nitrogens with zero attached hydrogens (tertiary/aromatic N) is 2. The third-order valence-corrected chi connectivity index (χ3v) is 5.25. The maximum atomic E-state index is 12.2. The minimum atomic E-state index is -3.35. The first-order chi connectivity index (χ1) is 8.06. The molecule has 0 aromatic heterocycles. The molecule has 1 saturated heterocycles. The monoisotopic (exact) mass is 262 g/mol. The van der Waals surface area contributed by atoms with Gasteiger partial charge in [0.25, 0.3) is 10.2 Å². The summed E-state index contributed by atoms with van der Waals surface area (Å²) in [7, 11) is -3.35. The van der Waals surface area contributed by atoms with Crippen LogP contribution in [0.25, 0.3) is 0 Å². The molecule has 0 saturated carbocycles. The lowest BCUT2D eigenvalue weighted by atomic mass is 10.00. The van der Waals surface area contributed by atoms with Crippen LogP contribution in [0.3, 0.4) is 0 Å². The van der Waals surface area contributed by atoms with Crippen molar-refractivity contribution in [3.05, 3.63) is 12.7 Å². The van der Waals surface area contributed by atoms with E-state index in [4.69, 9.17) is 5.11 Å². The Balaban J connectivity index is 2.67. The highest BCUT2D eigenvalue weighted by Gasteiger charge is 2.31. The zero-order chi connectivity index (χ0) is 12.9. The Morgan fingerprint density at radius 1 is 1.47 bits per heavy atom. The molecule has 0 aromatic carbocycles. The second-order valence-corrected chi connectivity index (χ2v) is 6.20. The molecule has 0 aliphatic carbocycles. The van der Waals surface area contributed by atoms with Gasteiger partial charge in [0, 0.05) is 32.8 Å². The highest BCUT2D eigenvalue weighted by molar-refractivity contribution is 7.86. The van der Waals surface area contributed by atoms with Crippen LogP contribution in [0.1, 0.15) is 19.8 Å². The fraction of sp³-hybridized carbons (Fsp3) is 0.818. The van der Waals surface area contributed by atoms with Gasteiger partial charge in [0.15, 0.2) is 0 Å². The molecule has 1 heterocycles. The molecule has 1 aliphatic rings. The van der Waals surface area contributed by atoms with Gasteiger partial charge in [-0.05, 0) is 18.8 Å². The van der Waals surface area contributed by atoms with Crippen LogP contribution in [-0.4, -0.2) is 54.9 Å². The average molecular weight is 262 g/mol. The minimum absolute atomic E-state index is 0.151. The van der Waals surface area contributed by atoms with Crippen LogP contribution in [0, 0.1) is 5.92 Å². The summed E-state index contributed by atoms with van der Waals surface area (Å²) in [6.07, 6.45) is 3.07. The lowest BCUT2D eigenvalue weighted by Crippen LogP contribution is -2.47. The van der Waals surface area contributed by atoms with E-state index in [1.165, 1.54) is 8.61 Å². The van der Waals surface area contributed by atoms with E-state index in [0.717, 1.165) is 12.8 Å². The fourth-order valence-corrected chi connectivity index (χ4v) is 3.64. The molecule has 1 fully saturated rings. The van der Waals surface area contributed by atoms with Crippen LogP contribution >= 0.6 is 0 Å². The second-order valence-electron chi connectivity index (χ2n) is 4.27. The van der Waals surface area contributed by atoms with E-state index in [0.29, 0.717) is 26.2 Å². The van der Waals surface area contributed by atoms with Crippen molar-refractivity contribution in [2.45, 2.75) is 19.8 Å². The molecule has 1 aliphatic heterocycles. The predicted molar refractivity (Wildman–Crippen MR) is 67.7 cm³/mol. The van der Waals surface area contributed by atoms with Crippen molar-refractivity contribution in [2.75, 3.05) is 32.8 Å². The lowest BCUT2D eigenvalue weighted by molar-refractivity contribution is 0.166. The Hall–Kier alpha value is -0.430. The standard InChI is InChI=1S/C11H22N2O3S/c1-3-7-12(4-2)17(15,16)13-8-5-11(10-14)6-9-13/h3,11,14H,1,4-10H2,2H3. The number of piperidine rings is 1. The Morgan fingerprint density at radius 3 is 2.47 bits per heavy atom. The molecule has 0 bridgehead atoms. The quantitative estimate of drug-likeness (QED) is 0.707. The molecule has 0 amide bonds. The van der Waals surface area contributed by atoms with Gasteiger partial charge in [-0.15, -0.1) is 6.58 Å². The molecule has 6 heteroatoms. The largest absolute Gasteiger partial charge is 0.396 e. The third-order valence-electron chi connectivity index (χ3n) is 3.17. The maximum Gasteiger partial charge on any atom is 0.282 e. The van der Waals surface area contributed by atoms with Crippen LogP contribution < -0.4 is 0 Å². The third kappa shape index (κ3) is 3.51. The van der Waals surface area contributed by atoms with Gasteiger partial charge in [-0.2, -0.15) is 17.0 Å². The number of aliphatic hydroxyl groups is 1. The first-order valence-electron chi connectivity index (χ1n) is 6.03. The molecule has 1 rings (SSSR count). The van der Waals surface area contributed by atoms with E-state index >= 15 is 0 Å². The summed E-state index contributed by atoms with van der Waals surface area (Å²) in [6, 6.07) is 0. The van der Waals surface area contributed by atoms with Gasteiger partial charge in [-0.3, -0.25) is 0 Å². The zero-order valence-corrected chi connectivity index (χ0v) is 11.2. The van der Waals surface area contributed by atoms with Gasteiger partial charge in [0.1, 0.15) is 0 Å². The molecular weight excluding hydrogens is 240 g/mol. The second kappa shape index (κ2) is 6.49. The van der Waals surface area contributed by atoms with E-state index in [2.05, 4.69) is 6.58 Å². The predicted octanol–water partition coefficient (Wildman–Crippen LogP) is 0.443. The molecule has 0 radical (unpaired) electrons. The van der Waals surface area contributed by atoms with Crippen LogP contribution in [0.5, 0.6) is 0 Å². The van der Waals surface area contributed by atoms with Crippen molar-refractivity contribution in [3.8, 4) is 0 Å². The lowest BCUT2D eigenvalue weighted by Gasteiger charge is -2.33. The van der Waals surface area contributed by atoms with Crippen molar-refractivity contribution in [2.24, 2.45) is 5.92 Å². The van der Waals surface area contributed by atoms with E-state index < -0.39 is 10.2 Å². The van der Waals surface area contributed by atoms with Gasteiger partial charge in [-0.25, -0.2) is 0 Å². The Labute approximate surface area is 104 Å². The topological polar surface area (TPSA) is 60.9 Å². The highest BCUT2D eigenvalue weighted by Crippen LogP contribution is 2.20.